The summed E-state index contributed by atoms with van der Waals surface area (Å²) in [5.74, 6) is 2.33. The van der Waals surface area contributed by atoms with Crippen molar-refractivity contribution in [1.29, 1.82) is 0 Å². The molecular weight excluding hydrogens is 274 g/mol. The number of hydrogen-bond acceptors (Lipinski definition) is 3. The second kappa shape index (κ2) is 6.23. The maximum absolute atomic E-state index is 6.22. The van der Waals surface area contributed by atoms with Crippen molar-refractivity contribution >= 4 is 11.6 Å². The molecule has 1 unspecified atom stereocenters. The van der Waals surface area contributed by atoms with Crippen LogP contribution in [0.4, 0.5) is 0 Å². The Labute approximate surface area is 125 Å². The topological polar surface area (TPSA) is 30.5 Å². The highest BCUT2D eigenvalue weighted by Crippen LogP contribution is 2.40. The number of piperidine rings is 1. The molecule has 110 valence electrons. The van der Waals surface area contributed by atoms with Gasteiger partial charge in [-0.25, -0.2) is 0 Å². The third kappa shape index (κ3) is 3.39. The number of hydrogen-bond donors (Lipinski definition) is 1. The molecule has 1 heterocycles. The van der Waals surface area contributed by atoms with Gasteiger partial charge in [0.05, 0.1) is 13.2 Å². The monoisotopic (exact) mass is 295 g/mol. The fraction of sp³-hybridized carbons (Fsp3) is 0.625. The minimum absolute atomic E-state index is 0.369. The summed E-state index contributed by atoms with van der Waals surface area (Å²) in [5, 5.41) is 4.19. The largest absolute Gasteiger partial charge is 0.493 e. The van der Waals surface area contributed by atoms with Gasteiger partial charge in [0.1, 0.15) is 0 Å². The van der Waals surface area contributed by atoms with Gasteiger partial charge in [-0.05, 0) is 62.7 Å². The number of ether oxygens (including phenoxy) is 2. The van der Waals surface area contributed by atoms with Crippen LogP contribution in [0.25, 0.3) is 0 Å². The van der Waals surface area contributed by atoms with Crippen LogP contribution in [0.15, 0.2) is 12.1 Å². The quantitative estimate of drug-likeness (QED) is 0.903. The van der Waals surface area contributed by atoms with Crippen LogP contribution in [0.3, 0.4) is 0 Å². The summed E-state index contributed by atoms with van der Waals surface area (Å²) in [5.41, 5.74) is 1.19. The van der Waals surface area contributed by atoms with Gasteiger partial charge in [0.2, 0.25) is 0 Å². The molecule has 3 nitrogen and oxygen atoms in total. The zero-order chi connectivity index (χ0) is 13.9. The van der Waals surface area contributed by atoms with Crippen molar-refractivity contribution in [2.75, 3.05) is 20.2 Å². The Hall–Kier alpha value is -0.930. The summed E-state index contributed by atoms with van der Waals surface area (Å²) in [4.78, 5) is 0. The highest BCUT2D eigenvalue weighted by atomic mass is 35.5. The van der Waals surface area contributed by atoms with Gasteiger partial charge in [0.15, 0.2) is 11.5 Å². The van der Waals surface area contributed by atoms with Crippen LogP contribution in [0, 0.1) is 5.92 Å². The average molecular weight is 296 g/mol. The van der Waals surface area contributed by atoms with Crippen LogP contribution in [0.5, 0.6) is 11.5 Å². The lowest BCUT2D eigenvalue weighted by atomic mass is 9.92. The van der Waals surface area contributed by atoms with E-state index in [-0.39, 0.29) is 0 Å². The Morgan fingerprint density at radius 1 is 1.30 bits per heavy atom. The van der Waals surface area contributed by atoms with Crippen molar-refractivity contribution in [3.63, 3.8) is 0 Å². The zero-order valence-electron chi connectivity index (χ0n) is 12.0. The van der Waals surface area contributed by atoms with E-state index in [1.807, 2.05) is 12.1 Å². The predicted octanol–water partition coefficient (Wildman–Crippen LogP) is 3.43. The van der Waals surface area contributed by atoms with Gasteiger partial charge in [-0.2, -0.15) is 0 Å². The molecular formula is C16H22ClNO2. The number of nitrogens with one attached hydrogen (secondary N) is 1. The summed E-state index contributed by atoms with van der Waals surface area (Å²) in [6, 6.07) is 3.89. The molecule has 1 aromatic carbocycles. The molecule has 1 aliphatic heterocycles. The number of benzene rings is 1. The van der Waals surface area contributed by atoms with Crippen LogP contribution < -0.4 is 14.8 Å². The number of rotatable bonds is 5. The van der Waals surface area contributed by atoms with E-state index in [4.69, 9.17) is 21.1 Å². The first kappa shape index (κ1) is 14.0. The van der Waals surface area contributed by atoms with Crippen LogP contribution in [0.1, 0.15) is 31.2 Å². The van der Waals surface area contributed by atoms with Gasteiger partial charge in [0, 0.05) is 11.1 Å². The summed E-state index contributed by atoms with van der Waals surface area (Å²) in [6.07, 6.45) is 6.19. The molecule has 20 heavy (non-hydrogen) atoms. The first-order chi connectivity index (χ1) is 9.76. The lowest BCUT2D eigenvalue weighted by molar-refractivity contribution is 0.275. The molecule has 3 rings (SSSR count). The molecule has 1 aromatic rings. The molecule has 1 atom stereocenters. The van der Waals surface area contributed by atoms with E-state index in [0.717, 1.165) is 48.9 Å². The molecule has 0 aromatic heterocycles. The van der Waals surface area contributed by atoms with Crippen molar-refractivity contribution in [3.05, 3.63) is 22.7 Å². The van der Waals surface area contributed by atoms with E-state index < -0.39 is 0 Å². The van der Waals surface area contributed by atoms with Crippen molar-refractivity contribution in [2.45, 2.75) is 38.2 Å². The molecule has 0 radical (unpaired) electrons. The highest BCUT2D eigenvalue weighted by molar-refractivity contribution is 6.30. The normalized spacial score (nSPS) is 22.6. The maximum Gasteiger partial charge on any atom is 0.164 e. The smallest absolute Gasteiger partial charge is 0.164 e. The summed E-state index contributed by atoms with van der Waals surface area (Å²) in [7, 11) is 1.68. The lowest BCUT2D eigenvalue weighted by Gasteiger charge is -2.24. The first-order valence-corrected chi connectivity index (χ1v) is 7.88. The Morgan fingerprint density at radius 3 is 2.80 bits per heavy atom. The van der Waals surface area contributed by atoms with Crippen molar-refractivity contribution in [3.8, 4) is 11.5 Å². The van der Waals surface area contributed by atoms with E-state index in [9.17, 15) is 0 Å². The van der Waals surface area contributed by atoms with E-state index in [0.29, 0.717) is 12.0 Å². The second-order valence-electron chi connectivity index (χ2n) is 5.83. The highest BCUT2D eigenvalue weighted by Gasteiger charge is 2.27. The van der Waals surface area contributed by atoms with Gasteiger partial charge in [-0.3, -0.25) is 0 Å². The minimum atomic E-state index is 0.369. The van der Waals surface area contributed by atoms with E-state index in [1.165, 1.54) is 18.4 Å². The zero-order valence-corrected chi connectivity index (χ0v) is 12.7. The molecule has 1 saturated heterocycles. The Balaban J connectivity index is 1.83. The van der Waals surface area contributed by atoms with Gasteiger partial charge in [-0.1, -0.05) is 11.6 Å². The van der Waals surface area contributed by atoms with Crippen molar-refractivity contribution in [2.24, 2.45) is 5.92 Å². The molecule has 2 fully saturated rings. The molecule has 1 saturated carbocycles. The molecule has 2 aliphatic rings. The van der Waals surface area contributed by atoms with Crippen LogP contribution in [0.2, 0.25) is 5.02 Å². The third-order valence-corrected chi connectivity index (χ3v) is 4.25. The van der Waals surface area contributed by atoms with Crippen molar-refractivity contribution in [1.82, 2.24) is 5.32 Å². The second-order valence-corrected chi connectivity index (χ2v) is 6.27. The first-order valence-electron chi connectivity index (χ1n) is 7.50. The lowest BCUT2D eigenvalue weighted by Crippen LogP contribution is -2.31. The Bertz CT molecular complexity index is 468. The van der Waals surface area contributed by atoms with Gasteiger partial charge in [0.25, 0.3) is 0 Å². The van der Waals surface area contributed by atoms with Gasteiger partial charge in [-0.15, -0.1) is 0 Å². The molecule has 1 aliphatic carbocycles. The minimum Gasteiger partial charge on any atom is -0.493 e. The summed E-state index contributed by atoms with van der Waals surface area (Å²) in [6.45, 7) is 2.22. The molecule has 4 heteroatoms. The average Bonchev–Trinajstić information content (AvgIpc) is 3.26. The van der Waals surface area contributed by atoms with Crippen molar-refractivity contribution < 1.29 is 9.47 Å². The fourth-order valence-corrected chi connectivity index (χ4v) is 3.05. The molecule has 0 bridgehead atoms. The molecule has 1 N–H and O–H groups in total. The maximum atomic E-state index is 6.22. The Morgan fingerprint density at radius 2 is 2.15 bits per heavy atom. The fourth-order valence-electron chi connectivity index (χ4n) is 2.82. The summed E-state index contributed by atoms with van der Waals surface area (Å²) < 4.78 is 11.5. The number of halogens is 1. The van der Waals surface area contributed by atoms with E-state index in [1.54, 1.807) is 7.11 Å². The van der Waals surface area contributed by atoms with Crippen LogP contribution >= 0.6 is 11.6 Å². The SMILES string of the molecule is COc1cc(Cl)cc(CC2CCCNC2)c1OC1CC1. The van der Waals surface area contributed by atoms with Gasteiger partial charge >= 0.3 is 0 Å². The Kier molecular flexibility index (Phi) is 4.37. The molecule has 0 spiro atoms. The summed E-state index contributed by atoms with van der Waals surface area (Å²) >= 11 is 6.22. The third-order valence-electron chi connectivity index (χ3n) is 4.03. The van der Waals surface area contributed by atoms with Crippen LogP contribution in [-0.2, 0) is 6.42 Å². The van der Waals surface area contributed by atoms with E-state index in [2.05, 4.69) is 5.32 Å². The predicted molar refractivity (Wildman–Crippen MR) is 81.0 cm³/mol. The van der Waals surface area contributed by atoms with Crippen LogP contribution in [-0.4, -0.2) is 26.3 Å². The molecule has 0 amide bonds. The number of methoxy groups -OCH3 is 1. The van der Waals surface area contributed by atoms with E-state index >= 15 is 0 Å². The standard InChI is InChI=1S/C16H22ClNO2/c1-19-15-9-13(17)8-12(16(15)20-14-4-5-14)7-11-3-2-6-18-10-11/h8-9,11,14,18H,2-7,10H2,1H3. The van der Waals surface area contributed by atoms with Gasteiger partial charge < -0.3 is 14.8 Å².